The Bertz CT molecular complexity index is 558. The van der Waals surface area contributed by atoms with E-state index in [1.54, 1.807) is 24.4 Å². The number of carbonyl (C=O) groups excluding carboxylic acids is 1. The number of amides is 1. The first-order valence-electron chi connectivity index (χ1n) is 5.04. The highest BCUT2D eigenvalue weighted by Crippen LogP contribution is 2.15. The first-order valence-corrected chi connectivity index (χ1v) is 5.83. The summed E-state index contributed by atoms with van der Waals surface area (Å²) in [5, 5.41) is 2.67. The van der Waals surface area contributed by atoms with Gasteiger partial charge in [0.15, 0.2) is 0 Å². The summed E-state index contributed by atoms with van der Waals surface area (Å²) in [6, 6.07) is 5.05. The van der Waals surface area contributed by atoms with E-state index in [0.29, 0.717) is 17.1 Å². The van der Waals surface area contributed by atoms with Gasteiger partial charge in [0, 0.05) is 16.9 Å². The average Bonchev–Trinajstić information content (AvgIpc) is 2.41. The van der Waals surface area contributed by atoms with E-state index >= 15 is 0 Å². The zero-order valence-electron chi connectivity index (χ0n) is 9.22. The molecule has 0 aliphatic heterocycles. The maximum Gasteiger partial charge on any atom is 0.259 e. The van der Waals surface area contributed by atoms with Crippen molar-refractivity contribution in [2.45, 2.75) is 0 Å². The molecule has 6 nitrogen and oxygen atoms in total. The van der Waals surface area contributed by atoms with E-state index in [4.69, 9.17) is 5.84 Å². The molecule has 2 aromatic rings. The Hall–Kier alpha value is -1.99. The van der Waals surface area contributed by atoms with Crippen molar-refractivity contribution in [1.29, 1.82) is 0 Å². The normalized spacial score (nSPS) is 9.89. The van der Waals surface area contributed by atoms with Crippen LogP contribution in [0.5, 0.6) is 0 Å². The highest BCUT2D eigenvalue weighted by Gasteiger charge is 2.11. The first-order chi connectivity index (χ1) is 8.70. The van der Waals surface area contributed by atoms with Crippen molar-refractivity contribution in [3.05, 3.63) is 46.8 Å². The number of aromatic nitrogens is 2. The molecule has 0 bridgehead atoms. The Morgan fingerprint density at radius 1 is 1.28 bits per heavy atom. The number of carbonyl (C=O) groups is 1. The Morgan fingerprint density at radius 3 is 2.78 bits per heavy atom. The molecule has 0 fully saturated rings. The first kappa shape index (κ1) is 12.5. The molecule has 0 atom stereocenters. The van der Waals surface area contributed by atoms with Crippen molar-refractivity contribution in [2.75, 3.05) is 10.7 Å². The minimum absolute atomic E-state index is 0.305. The van der Waals surface area contributed by atoms with Gasteiger partial charge < -0.3 is 10.7 Å². The number of hydrazine groups is 1. The molecule has 2 heterocycles. The summed E-state index contributed by atoms with van der Waals surface area (Å²) < 4.78 is 0.841. The maximum absolute atomic E-state index is 12.0. The van der Waals surface area contributed by atoms with E-state index in [-0.39, 0.29) is 5.91 Å². The van der Waals surface area contributed by atoms with Gasteiger partial charge in [0.05, 0.1) is 17.4 Å². The minimum atomic E-state index is -0.305. The van der Waals surface area contributed by atoms with E-state index in [1.165, 1.54) is 12.4 Å². The van der Waals surface area contributed by atoms with Crippen LogP contribution in [0.3, 0.4) is 0 Å². The second-order valence-corrected chi connectivity index (χ2v) is 4.30. The Kier molecular flexibility index (Phi) is 3.85. The Balaban J connectivity index is 2.19. The number of rotatable bonds is 3. The average molecular weight is 308 g/mol. The number of pyridine rings is 2. The number of halogens is 1. The lowest BCUT2D eigenvalue weighted by Crippen LogP contribution is -2.17. The molecule has 2 aromatic heterocycles. The Morgan fingerprint density at radius 2 is 2.11 bits per heavy atom. The minimum Gasteiger partial charge on any atom is -0.322 e. The lowest BCUT2D eigenvalue weighted by Gasteiger charge is -2.08. The van der Waals surface area contributed by atoms with Crippen LogP contribution in [0, 0.1) is 0 Å². The van der Waals surface area contributed by atoms with Crippen molar-refractivity contribution in [3.63, 3.8) is 0 Å². The molecule has 0 radical (unpaired) electrons. The van der Waals surface area contributed by atoms with E-state index in [0.717, 1.165) is 4.47 Å². The molecule has 92 valence electrons. The van der Waals surface area contributed by atoms with Crippen LogP contribution in [-0.4, -0.2) is 15.9 Å². The lowest BCUT2D eigenvalue weighted by molar-refractivity contribution is 0.102. The SMILES string of the molecule is NNc1cnccc1C(=O)Nc1ccc(Br)cn1. The Labute approximate surface area is 112 Å². The molecule has 0 aliphatic rings. The van der Waals surface area contributed by atoms with Gasteiger partial charge in [0.25, 0.3) is 5.91 Å². The molecular formula is C11H10BrN5O. The second kappa shape index (κ2) is 5.56. The van der Waals surface area contributed by atoms with Crippen LogP contribution in [0.25, 0.3) is 0 Å². The highest BCUT2D eigenvalue weighted by molar-refractivity contribution is 9.10. The molecule has 1 amide bonds. The van der Waals surface area contributed by atoms with Gasteiger partial charge in [-0.3, -0.25) is 15.6 Å². The number of nitrogen functional groups attached to an aromatic ring is 1. The van der Waals surface area contributed by atoms with E-state index < -0.39 is 0 Å². The van der Waals surface area contributed by atoms with Gasteiger partial charge in [-0.25, -0.2) is 4.98 Å². The third-order valence-electron chi connectivity index (χ3n) is 2.19. The fourth-order valence-electron chi connectivity index (χ4n) is 1.34. The summed E-state index contributed by atoms with van der Waals surface area (Å²) in [5.41, 5.74) is 3.27. The van der Waals surface area contributed by atoms with Crippen molar-refractivity contribution < 1.29 is 4.79 Å². The smallest absolute Gasteiger partial charge is 0.259 e. The third kappa shape index (κ3) is 2.82. The molecule has 2 rings (SSSR count). The van der Waals surface area contributed by atoms with Crippen LogP contribution in [-0.2, 0) is 0 Å². The molecule has 0 aromatic carbocycles. The highest BCUT2D eigenvalue weighted by atomic mass is 79.9. The van der Waals surface area contributed by atoms with E-state index in [2.05, 4.69) is 36.6 Å². The molecule has 7 heteroatoms. The lowest BCUT2D eigenvalue weighted by atomic mass is 10.2. The number of hydrogen-bond acceptors (Lipinski definition) is 5. The summed E-state index contributed by atoms with van der Waals surface area (Å²) in [6.45, 7) is 0. The summed E-state index contributed by atoms with van der Waals surface area (Å²) in [4.78, 5) is 19.9. The summed E-state index contributed by atoms with van der Waals surface area (Å²) in [7, 11) is 0. The predicted molar refractivity (Wildman–Crippen MR) is 71.9 cm³/mol. The zero-order valence-corrected chi connectivity index (χ0v) is 10.8. The monoisotopic (exact) mass is 307 g/mol. The van der Waals surface area contributed by atoms with Gasteiger partial charge in [-0.1, -0.05) is 0 Å². The summed E-state index contributed by atoms with van der Waals surface area (Å²) in [5.74, 6) is 5.47. The molecule has 0 unspecified atom stereocenters. The number of anilines is 2. The van der Waals surface area contributed by atoms with Crippen molar-refractivity contribution in [3.8, 4) is 0 Å². The van der Waals surface area contributed by atoms with Crippen molar-refractivity contribution in [1.82, 2.24) is 9.97 Å². The predicted octanol–water partition coefficient (Wildman–Crippen LogP) is 1.78. The molecule has 0 saturated carbocycles. The number of nitrogens with zero attached hydrogens (tertiary/aromatic N) is 2. The molecular weight excluding hydrogens is 298 g/mol. The van der Waals surface area contributed by atoms with Gasteiger partial charge in [0.2, 0.25) is 0 Å². The van der Waals surface area contributed by atoms with Crippen molar-refractivity contribution >= 4 is 33.3 Å². The van der Waals surface area contributed by atoms with Crippen molar-refractivity contribution in [2.24, 2.45) is 5.84 Å². The standard InChI is InChI=1S/C11H10BrN5O/c12-7-1-2-10(15-5-7)16-11(18)8-3-4-14-6-9(8)17-13/h1-6,17H,13H2,(H,15,16,18). The topological polar surface area (TPSA) is 92.9 Å². The summed E-state index contributed by atoms with van der Waals surface area (Å²) in [6.07, 6.45) is 4.60. The van der Waals surface area contributed by atoms with Gasteiger partial charge in [0.1, 0.15) is 5.82 Å². The number of nitrogens with one attached hydrogen (secondary N) is 2. The molecule has 4 N–H and O–H groups in total. The van der Waals surface area contributed by atoms with Crippen LogP contribution in [0.2, 0.25) is 0 Å². The zero-order chi connectivity index (χ0) is 13.0. The van der Waals surface area contributed by atoms with E-state index in [1.807, 2.05) is 0 Å². The number of hydrogen-bond donors (Lipinski definition) is 3. The fraction of sp³-hybridized carbons (Fsp3) is 0. The van der Waals surface area contributed by atoms with Gasteiger partial charge in [-0.15, -0.1) is 0 Å². The largest absolute Gasteiger partial charge is 0.322 e. The quantitative estimate of drug-likeness (QED) is 0.593. The molecule has 0 aliphatic carbocycles. The van der Waals surface area contributed by atoms with Crippen LogP contribution in [0.15, 0.2) is 41.3 Å². The van der Waals surface area contributed by atoms with Crippen LogP contribution in [0.4, 0.5) is 11.5 Å². The van der Waals surface area contributed by atoms with Crippen LogP contribution < -0.4 is 16.6 Å². The maximum atomic E-state index is 12.0. The molecule has 0 saturated heterocycles. The van der Waals surface area contributed by atoms with Crippen LogP contribution >= 0.6 is 15.9 Å². The molecule has 0 spiro atoms. The summed E-state index contributed by atoms with van der Waals surface area (Å²) >= 11 is 3.27. The van der Waals surface area contributed by atoms with Gasteiger partial charge >= 0.3 is 0 Å². The van der Waals surface area contributed by atoms with Crippen LogP contribution in [0.1, 0.15) is 10.4 Å². The third-order valence-corrected chi connectivity index (χ3v) is 2.66. The second-order valence-electron chi connectivity index (χ2n) is 3.38. The van der Waals surface area contributed by atoms with Gasteiger partial charge in [-0.05, 0) is 34.1 Å². The van der Waals surface area contributed by atoms with Gasteiger partial charge in [-0.2, -0.15) is 0 Å². The van der Waals surface area contributed by atoms with E-state index in [9.17, 15) is 4.79 Å². The fourth-order valence-corrected chi connectivity index (χ4v) is 1.58. The number of nitrogens with two attached hydrogens (primary N) is 1. The molecule has 18 heavy (non-hydrogen) atoms.